The van der Waals surface area contributed by atoms with Crippen LogP contribution in [0.4, 0.5) is 4.39 Å². The summed E-state index contributed by atoms with van der Waals surface area (Å²) in [6, 6.07) is 6.02. The lowest BCUT2D eigenvalue weighted by molar-refractivity contribution is 0.282. The highest BCUT2D eigenvalue weighted by molar-refractivity contribution is 5.83. The van der Waals surface area contributed by atoms with Gasteiger partial charge in [-0.1, -0.05) is 31.6 Å². The Bertz CT molecular complexity index is 777. The Balaban J connectivity index is 1.37. The molecular formula is C19H21FN2. The zero-order chi connectivity index (χ0) is 14.9. The van der Waals surface area contributed by atoms with Crippen LogP contribution in [0.25, 0.3) is 10.9 Å². The van der Waals surface area contributed by atoms with Crippen LogP contribution in [0.3, 0.4) is 0 Å². The third-order valence-electron chi connectivity index (χ3n) is 6.32. The molecule has 2 fully saturated rings. The summed E-state index contributed by atoms with van der Waals surface area (Å²) in [5.74, 6) is 1.52. The molecule has 1 N–H and O–H groups in total. The van der Waals surface area contributed by atoms with Gasteiger partial charge in [0.05, 0.1) is 5.54 Å². The van der Waals surface area contributed by atoms with Gasteiger partial charge in [0.15, 0.2) is 0 Å². The van der Waals surface area contributed by atoms with Gasteiger partial charge >= 0.3 is 0 Å². The molecule has 5 rings (SSSR count). The highest BCUT2D eigenvalue weighted by atomic mass is 19.1. The maximum atomic E-state index is 14.1. The predicted octanol–water partition coefficient (Wildman–Crippen LogP) is 3.89. The average Bonchev–Trinajstić information content (AvgIpc) is 2.91. The van der Waals surface area contributed by atoms with Crippen LogP contribution in [0.2, 0.25) is 0 Å². The number of rotatable bonds is 4. The molecule has 114 valence electrons. The van der Waals surface area contributed by atoms with Crippen molar-refractivity contribution in [3.05, 3.63) is 47.9 Å². The van der Waals surface area contributed by atoms with Crippen molar-refractivity contribution >= 4 is 10.9 Å². The van der Waals surface area contributed by atoms with E-state index in [4.69, 9.17) is 0 Å². The first kappa shape index (κ1) is 12.9. The van der Waals surface area contributed by atoms with E-state index in [2.05, 4.69) is 29.0 Å². The van der Waals surface area contributed by atoms with Crippen LogP contribution >= 0.6 is 0 Å². The Kier molecular flexibility index (Phi) is 2.48. The highest BCUT2D eigenvalue weighted by Gasteiger charge is 2.73. The molecule has 0 amide bonds. The van der Waals surface area contributed by atoms with Crippen LogP contribution in [-0.2, 0) is 6.42 Å². The number of H-pyrrole nitrogens is 1. The zero-order valence-electron chi connectivity index (χ0n) is 12.8. The van der Waals surface area contributed by atoms with E-state index < -0.39 is 0 Å². The minimum atomic E-state index is -0.106. The third kappa shape index (κ3) is 1.43. The van der Waals surface area contributed by atoms with E-state index in [0.29, 0.717) is 5.54 Å². The van der Waals surface area contributed by atoms with E-state index in [-0.39, 0.29) is 5.82 Å². The Morgan fingerprint density at radius 3 is 3.09 bits per heavy atom. The highest BCUT2D eigenvalue weighted by Crippen LogP contribution is 2.65. The van der Waals surface area contributed by atoms with Crippen LogP contribution in [0, 0.1) is 17.7 Å². The van der Waals surface area contributed by atoms with E-state index in [0.717, 1.165) is 47.3 Å². The maximum absolute atomic E-state index is 14.1. The Labute approximate surface area is 130 Å². The SMILES string of the molecule is CCC1CC2C=CC23C1N3CCc1c[nH]c2cccc(F)c12. The van der Waals surface area contributed by atoms with Crippen LogP contribution in [0.1, 0.15) is 25.3 Å². The van der Waals surface area contributed by atoms with Gasteiger partial charge in [0.2, 0.25) is 0 Å². The second kappa shape index (κ2) is 4.23. The fourth-order valence-electron chi connectivity index (χ4n) is 5.18. The van der Waals surface area contributed by atoms with Gasteiger partial charge < -0.3 is 4.98 Å². The lowest BCUT2D eigenvalue weighted by Crippen LogP contribution is -2.32. The topological polar surface area (TPSA) is 18.8 Å². The molecule has 0 radical (unpaired) electrons. The largest absolute Gasteiger partial charge is 0.361 e. The number of benzene rings is 1. The van der Waals surface area contributed by atoms with Crippen molar-refractivity contribution in [2.24, 2.45) is 11.8 Å². The summed E-state index contributed by atoms with van der Waals surface area (Å²) in [6.07, 6.45) is 10.4. The standard InChI is InChI=1S/C19H21FN2/c1-2-12-10-14-6-8-19(14)18(12)22(19)9-7-13-11-21-16-5-3-4-15(20)17(13)16/h3-6,8,11-12,14,18,21H,2,7,9-10H2,1H3. The molecule has 22 heavy (non-hydrogen) atoms. The van der Waals surface area contributed by atoms with Gasteiger partial charge in [-0.05, 0) is 36.5 Å². The van der Waals surface area contributed by atoms with Gasteiger partial charge in [-0.3, -0.25) is 4.90 Å². The first-order chi connectivity index (χ1) is 10.8. The average molecular weight is 296 g/mol. The Hall–Kier alpha value is -1.61. The molecule has 2 heterocycles. The van der Waals surface area contributed by atoms with Gasteiger partial charge in [-0.25, -0.2) is 4.39 Å². The summed E-state index contributed by atoms with van der Waals surface area (Å²) in [5.41, 5.74) is 2.42. The number of aromatic nitrogens is 1. The van der Waals surface area contributed by atoms with Crippen molar-refractivity contribution in [3.63, 3.8) is 0 Å². The molecular weight excluding hydrogens is 275 g/mol. The molecule has 0 bridgehead atoms. The van der Waals surface area contributed by atoms with Gasteiger partial charge in [0.25, 0.3) is 0 Å². The Morgan fingerprint density at radius 2 is 2.32 bits per heavy atom. The molecule has 3 aliphatic rings. The van der Waals surface area contributed by atoms with E-state index in [1.54, 1.807) is 12.1 Å². The van der Waals surface area contributed by atoms with Crippen molar-refractivity contribution in [2.75, 3.05) is 6.54 Å². The molecule has 2 aromatic rings. The first-order valence-electron chi connectivity index (χ1n) is 8.46. The van der Waals surface area contributed by atoms with Crippen molar-refractivity contribution in [3.8, 4) is 0 Å². The number of hydrogen-bond acceptors (Lipinski definition) is 1. The lowest BCUT2D eigenvalue weighted by Gasteiger charge is -2.29. The number of halogens is 1. The third-order valence-corrected chi connectivity index (χ3v) is 6.32. The molecule has 1 saturated heterocycles. The van der Waals surface area contributed by atoms with Gasteiger partial charge in [-0.2, -0.15) is 0 Å². The number of hydrogen-bond donors (Lipinski definition) is 1. The molecule has 3 heteroatoms. The summed E-state index contributed by atoms with van der Waals surface area (Å²) in [6.45, 7) is 3.36. The van der Waals surface area contributed by atoms with Crippen LogP contribution in [0.5, 0.6) is 0 Å². The van der Waals surface area contributed by atoms with Crippen molar-refractivity contribution in [1.82, 2.24) is 9.88 Å². The monoisotopic (exact) mass is 296 g/mol. The first-order valence-corrected chi connectivity index (χ1v) is 8.46. The lowest BCUT2D eigenvalue weighted by atomic mass is 9.83. The number of aromatic amines is 1. The smallest absolute Gasteiger partial charge is 0.132 e. The molecule has 2 nitrogen and oxygen atoms in total. The minimum absolute atomic E-state index is 0.106. The van der Waals surface area contributed by atoms with Crippen molar-refractivity contribution in [1.29, 1.82) is 0 Å². The molecule has 5 unspecified atom stereocenters. The normalized spacial score (nSPS) is 37.9. The predicted molar refractivity (Wildman–Crippen MR) is 86.2 cm³/mol. The second-order valence-corrected chi connectivity index (χ2v) is 7.12. The molecule has 1 aliphatic heterocycles. The number of likely N-dealkylation sites (tertiary alicyclic amines) is 1. The van der Waals surface area contributed by atoms with E-state index in [1.165, 1.54) is 12.8 Å². The van der Waals surface area contributed by atoms with E-state index in [1.807, 2.05) is 12.3 Å². The van der Waals surface area contributed by atoms with Crippen LogP contribution < -0.4 is 0 Å². The van der Waals surface area contributed by atoms with Crippen molar-refractivity contribution in [2.45, 2.75) is 37.8 Å². The molecule has 1 spiro atoms. The zero-order valence-corrected chi connectivity index (χ0v) is 12.8. The quantitative estimate of drug-likeness (QED) is 0.670. The van der Waals surface area contributed by atoms with Gasteiger partial charge in [-0.15, -0.1) is 0 Å². The molecule has 1 saturated carbocycles. The number of fused-ring (bicyclic) bond motifs is 1. The molecule has 1 aromatic heterocycles. The molecule has 5 atom stereocenters. The Morgan fingerprint density at radius 1 is 1.41 bits per heavy atom. The minimum Gasteiger partial charge on any atom is -0.361 e. The van der Waals surface area contributed by atoms with Crippen LogP contribution in [0.15, 0.2) is 36.5 Å². The number of piperidine rings is 1. The maximum Gasteiger partial charge on any atom is 0.132 e. The summed E-state index contributed by atoms with van der Waals surface area (Å²) >= 11 is 0. The van der Waals surface area contributed by atoms with Crippen molar-refractivity contribution < 1.29 is 4.39 Å². The second-order valence-electron chi connectivity index (χ2n) is 7.12. The summed E-state index contributed by atoms with van der Waals surface area (Å²) < 4.78 is 14.1. The fraction of sp³-hybridized carbons (Fsp3) is 0.474. The molecule has 1 aromatic carbocycles. The number of nitrogens with zero attached hydrogens (tertiary/aromatic N) is 1. The summed E-state index contributed by atoms with van der Waals surface area (Å²) in [7, 11) is 0. The molecule has 2 aliphatic carbocycles. The summed E-state index contributed by atoms with van der Waals surface area (Å²) in [5, 5.41) is 0.778. The fourth-order valence-corrected chi connectivity index (χ4v) is 5.18. The summed E-state index contributed by atoms with van der Waals surface area (Å²) in [4.78, 5) is 5.86. The van der Waals surface area contributed by atoms with E-state index in [9.17, 15) is 4.39 Å². The van der Waals surface area contributed by atoms with Gasteiger partial charge in [0.1, 0.15) is 5.82 Å². The number of nitrogens with one attached hydrogen (secondary N) is 1. The van der Waals surface area contributed by atoms with Gasteiger partial charge in [0, 0.05) is 35.6 Å². The van der Waals surface area contributed by atoms with E-state index >= 15 is 0 Å². The van der Waals surface area contributed by atoms with Crippen LogP contribution in [-0.4, -0.2) is 28.0 Å².